The first kappa shape index (κ1) is 14.4. The molecule has 0 aliphatic rings. The highest BCUT2D eigenvalue weighted by molar-refractivity contribution is 7.34. The zero-order chi connectivity index (χ0) is 12.3. The molecule has 0 aromatic carbocycles. The van der Waals surface area contributed by atoms with Crippen molar-refractivity contribution in [3.63, 3.8) is 0 Å². The van der Waals surface area contributed by atoms with Gasteiger partial charge < -0.3 is 20.7 Å². The number of hydrogen-bond acceptors (Lipinski definition) is 5. The first-order valence-corrected chi connectivity index (χ1v) is 5.36. The summed E-state index contributed by atoms with van der Waals surface area (Å²) in [5, 5.41) is -0.754. The van der Waals surface area contributed by atoms with E-state index in [1.165, 1.54) is 0 Å². The third-order valence-electron chi connectivity index (χ3n) is 1.17. The lowest BCUT2D eigenvalue weighted by atomic mass is 10.4. The van der Waals surface area contributed by atoms with Crippen LogP contribution < -0.4 is 11.5 Å². The summed E-state index contributed by atoms with van der Waals surface area (Å²) in [6, 6.07) is 0. The van der Waals surface area contributed by atoms with Gasteiger partial charge in [-0.3, -0.25) is 0 Å². The fourth-order valence-electron chi connectivity index (χ4n) is 0.573. The quantitative estimate of drug-likeness (QED) is 0.321. The molecular weight excluding hydrogens is 215 g/mol. The highest BCUT2D eigenvalue weighted by Crippen LogP contribution is 2.36. The topological polar surface area (TPSA) is 87.6 Å². The summed E-state index contributed by atoms with van der Waals surface area (Å²) in [6.45, 7) is 10.2. The summed E-state index contributed by atoms with van der Waals surface area (Å²) >= 11 is 0. The van der Waals surface area contributed by atoms with Crippen LogP contribution >= 0.6 is 8.81 Å². The molecule has 0 aromatic heterocycles. The first-order chi connectivity index (χ1) is 6.53. The maximum absolute atomic E-state index is 11.2. The first-order valence-electron chi connectivity index (χ1n) is 4.45. The van der Waals surface area contributed by atoms with Crippen molar-refractivity contribution < 1.29 is 14.1 Å². The average molecular weight is 234 g/mol. The Kier molecular flexibility index (Phi) is 4.71. The molecule has 0 amide bonds. The Hall–Kier alpha value is -0.640. The summed E-state index contributed by atoms with van der Waals surface area (Å²) in [5.41, 5.74) is 9.96. The number of esters is 1. The molecule has 15 heavy (non-hydrogen) atoms. The van der Waals surface area contributed by atoms with Crippen molar-refractivity contribution in [3.8, 4) is 0 Å². The number of carbonyl (C=O) groups is 1. The minimum atomic E-state index is -0.754. The van der Waals surface area contributed by atoms with Crippen LogP contribution in [0.4, 0.5) is 0 Å². The van der Waals surface area contributed by atoms with Gasteiger partial charge in [0.1, 0.15) is 16.8 Å². The van der Waals surface area contributed by atoms with Gasteiger partial charge in [-0.25, -0.2) is 4.79 Å². The van der Waals surface area contributed by atoms with Crippen LogP contribution in [0.5, 0.6) is 0 Å². The van der Waals surface area contributed by atoms with Gasteiger partial charge in [-0.1, -0.05) is 6.58 Å². The Morgan fingerprint density at radius 3 is 2.13 bits per heavy atom. The van der Waals surface area contributed by atoms with Crippen LogP contribution in [0.1, 0.15) is 27.7 Å². The van der Waals surface area contributed by atoms with Crippen molar-refractivity contribution in [2.75, 3.05) is 0 Å². The van der Waals surface area contributed by atoms with Crippen molar-refractivity contribution in [2.24, 2.45) is 11.5 Å². The second-order valence-corrected chi connectivity index (χ2v) is 5.85. The second kappa shape index (κ2) is 4.92. The number of rotatable bonds is 5. The lowest BCUT2D eigenvalue weighted by Crippen LogP contribution is -2.35. The number of carbonyl (C=O) groups excluding carboxylic acids is 1. The third-order valence-corrected chi connectivity index (χ3v) is 2.39. The van der Waals surface area contributed by atoms with Crippen molar-refractivity contribution in [1.82, 2.24) is 0 Å². The molecule has 0 fully saturated rings. The van der Waals surface area contributed by atoms with Crippen LogP contribution in [-0.4, -0.2) is 17.0 Å². The van der Waals surface area contributed by atoms with E-state index in [0.717, 1.165) is 0 Å². The molecule has 4 N–H and O–H groups in total. The zero-order valence-corrected chi connectivity index (χ0v) is 10.6. The predicted molar refractivity (Wildman–Crippen MR) is 61.2 cm³/mol. The van der Waals surface area contributed by atoms with E-state index in [9.17, 15) is 4.79 Å². The molecule has 1 unspecified atom stereocenters. The minimum Gasteiger partial charge on any atom is -0.448 e. The number of nitrogens with two attached hydrogens (primary N) is 2. The minimum absolute atomic E-state index is 0.0689. The van der Waals surface area contributed by atoms with Gasteiger partial charge in [0.05, 0.1) is 8.81 Å². The fraction of sp³-hybridized carbons (Fsp3) is 0.667. The molecule has 0 saturated carbocycles. The second-order valence-electron chi connectivity index (χ2n) is 4.23. The third kappa shape index (κ3) is 7.31. The van der Waals surface area contributed by atoms with Gasteiger partial charge in [-0.2, -0.15) is 0 Å². The van der Waals surface area contributed by atoms with Crippen LogP contribution in [0.2, 0.25) is 0 Å². The summed E-state index contributed by atoms with van der Waals surface area (Å²) < 4.78 is 10.4. The molecule has 0 spiro atoms. The van der Waals surface area contributed by atoms with Crippen LogP contribution in [0, 0.1) is 0 Å². The van der Waals surface area contributed by atoms with E-state index in [4.69, 9.17) is 20.7 Å². The van der Waals surface area contributed by atoms with Crippen LogP contribution in [0.25, 0.3) is 0 Å². The van der Waals surface area contributed by atoms with Crippen molar-refractivity contribution in [3.05, 3.63) is 12.3 Å². The zero-order valence-electron chi connectivity index (χ0n) is 9.59. The van der Waals surface area contributed by atoms with Gasteiger partial charge in [0.15, 0.2) is 0 Å². The Morgan fingerprint density at radius 2 is 1.80 bits per heavy atom. The smallest absolute Gasteiger partial charge is 0.354 e. The molecule has 0 heterocycles. The Balaban J connectivity index is 4.19. The molecule has 1 atom stereocenters. The molecule has 6 heteroatoms. The molecule has 0 radical (unpaired) electrons. The number of ether oxygens (including phenoxy) is 1. The van der Waals surface area contributed by atoms with Crippen LogP contribution in [0.3, 0.4) is 0 Å². The van der Waals surface area contributed by atoms with E-state index in [-0.39, 0.29) is 14.5 Å². The highest BCUT2D eigenvalue weighted by atomic mass is 31.1. The average Bonchev–Trinajstić information content (AvgIpc) is 1.99. The van der Waals surface area contributed by atoms with E-state index >= 15 is 0 Å². The number of hydrogen-bond donors (Lipinski definition) is 2. The molecular formula is C9H19N2O3P. The van der Waals surface area contributed by atoms with Gasteiger partial charge >= 0.3 is 5.97 Å². The molecule has 0 bridgehead atoms. The molecule has 0 aliphatic heterocycles. The van der Waals surface area contributed by atoms with Gasteiger partial charge in [-0.15, -0.1) is 0 Å². The largest absolute Gasteiger partial charge is 0.448 e. The van der Waals surface area contributed by atoms with Crippen molar-refractivity contribution >= 4 is 14.8 Å². The lowest BCUT2D eigenvalue weighted by molar-refractivity contribution is -0.145. The highest BCUT2D eigenvalue weighted by Gasteiger charge is 2.27. The normalized spacial score (nSPS) is 13.1. The fourth-order valence-corrected chi connectivity index (χ4v) is 1.22. The van der Waals surface area contributed by atoms with E-state index in [1.807, 2.05) is 0 Å². The van der Waals surface area contributed by atoms with Crippen molar-refractivity contribution in [2.45, 2.75) is 38.8 Å². The SMILES string of the molecule is C=C(N)C(=O)OC(C)(C)POC(C)(C)N. The van der Waals surface area contributed by atoms with Crippen molar-refractivity contribution in [1.29, 1.82) is 0 Å². The Labute approximate surface area is 92.0 Å². The summed E-state index contributed by atoms with van der Waals surface area (Å²) in [4.78, 5) is 11.2. The Morgan fingerprint density at radius 1 is 1.33 bits per heavy atom. The maximum atomic E-state index is 11.2. The van der Waals surface area contributed by atoms with Gasteiger partial charge in [0.2, 0.25) is 0 Å². The van der Waals surface area contributed by atoms with Gasteiger partial charge in [0, 0.05) is 0 Å². The van der Waals surface area contributed by atoms with Crippen LogP contribution in [0.15, 0.2) is 12.3 Å². The molecule has 0 rings (SSSR count). The van der Waals surface area contributed by atoms with Gasteiger partial charge in [-0.05, 0) is 27.7 Å². The molecule has 5 nitrogen and oxygen atoms in total. The summed E-state index contributed by atoms with van der Waals surface area (Å²) in [6.07, 6.45) is 0. The van der Waals surface area contributed by atoms with E-state index in [1.54, 1.807) is 27.7 Å². The summed E-state index contributed by atoms with van der Waals surface area (Å²) in [7, 11) is -0.0689. The van der Waals surface area contributed by atoms with E-state index in [0.29, 0.717) is 0 Å². The molecule has 0 aromatic rings. The lowest BCUT2D eigenvalue weighted by Gasteiger charge is -2.28. The monoisotopic (exact) mass is 234 g/mol. The van der Waals surface area contributed by atoms with E-state index in [2.05, 4.69) is 6.58 Å². The van der Waals surface area contributed by atoms with E-state index < -0.39 is 17.0 Å². The van der Waals surface area contributed by atoms with Crippen LogP contribution in [-0.2, 0) is 14.1 Å². The molecule has 88 valence electrons. The standard InChI is InChI=1S/C9H19N2O3P/c1-6(10)7(12)13-9(4,5)15-14-8(2,3)11/h15H,1,10-11H2,2-5H3. The molecule has 0 saturated heterocycles. The maximum Gasteiger partial charge on any atom is 0.354 e. The Bertz CT molecular complexity index is 259. The summed E-state index contributed by atoms with van der Waals surface area (Å²) in [5.74, 6) is -0.633. The van der Waals surface area contributed by atoms with Gasteiger partial charge in [0.25, 0.3) is 0 Å². The predicted octanol–water partition coefficient (Wildman–Crippen LogP) is 1.04. The molecule has 0 aliphatic carbocycles.